The van der Waals surface area contributed by atoms with Crippen LogP contribution in [0.4, 0.5) is 8.78 Å². The Morgan fingerprint density at radius 1 is 0.793 bits per heavy atom. The van der Waals surface area contributed by atoms with Gasteiger partial charge in [-0.25, -0.2) is 0 Å². The molecule has 0 aliphatic rings. The number of ketones is 1. The first kappa shape index (κ1) is 20.2. The van der Waals surface area contributed by atoms with Crippen molar-refractivity contribution in [2.24, 2.45) is 0 Å². The molecule has 6 heteroatoms. The van der Waals surface area contributed by atoms with Gasteiger partial charge < -0.3 is 9.47 Å². The maximum atomic E-state index is 12.1. The minimum Gasteiger partial charge on any atom is -0.457 e. The van der Waals surface area contributed by atoms with Crippen molar-refractivity contribution in [1.29, 1.82) is 0 Å². The summed E-state index contributed by atoms with van der Waals surface area (Å²) in [4.78, 5) is 24.1. The smallest absolute Gasteiger partial charge is 0.387 e. The zero-order chi connectivity index (χ0) is 20.6. The molecule has 4 nitrogen and oxygen atoms in total. The van der Waals surface area contributed by atoms with Crippen molar-refractivity contribution in [3.8, 4) is 16.9 Å². The molecule has 0 aliphatic carbocycles. The number of ether oxygens (including phenoxy) is 2. The molecule has 0 heterocycles. The zero-order valence-corrected chi connectivity index (χ0v) is 15.4. The molecule has 29 heavy (non-hydrogen) atoms. The van der Waals surface area contributed by atoms with Crippen molar-refractivity contribution < 1.29 is 27.8 Å². The average Bonchev–Trinajstić information content (AvgIpc) is 2.73. The number of benzene rings is 3. The summed E-state index contributed by atoms with van der Waals surface area (Å²) < 4.78 is 33.5. The quantitative estimate of drug-likeness (QED) is 0.400. The van der Waals surface area contributed by atoms with E-state index >= 15 is 0 Å². The van der Waals surface area contributed by atoms with E-state index in [4.69, 9.17) is 4.74 Å². The van der Waals surface area contributed by atoms with E-state index in [1.807, 2.05) is 54.6 Å². The zero-order valence-electron chi connectivity index (χ0n) is 15.4. The van der Waals surface area contributed by atoms with Crippen LogP contribution < -0.4 is 4.74 Å². The predicted molar refractivity (Wildman–Crippen MR) is 104 cm³/mol. The monoisotopic (exact) mass is 396 g/mol. The van der Waals surface area contributed by atoms with Crippen LogP contribution in [-0.4, -0.2) is 25.0 Å². The maximum absolute atomic E-state index is 12.1. The molecule has 0 radical (unpaired) electrons. The van der Waals surface area contributed by atoms with Crippen LogP contribution in [0.2, 0.25) is 0 Å². The van der Waals surface area contributed by atoms with Crippen LogP contribution in [0.25, 0.3) is 11.1 Å². The first-order valence-corrected chi connectivity index (χ1v) is 8.89. The highest BCUT2D eigenvalue weighted by molar-refractivity contribution is 5.98. The van der Waals surface area contributed by atoms with E-state index in [-0.39, 0.29) is 17.7 Å². The van der Waals surface area contributed by atoms with Crippen molar-refractivity contribution in [3.63, 3.8) is 0 Å². The van der Waals surface area contributed by atoms with E-state index in [0.717, 1.165) is 16.7 Å². The summed E-state index contributed by atoms with van der Waals surface area (Å²) in [7, 11) is 0. The molecule has 0 aliphatic heterocycles. The van der Waals surface area contributed by atoms with Gasteiger partial charge in [0, 0.05) is 5.56 Å². The Bertz CT molecular complexity index is 952. The Kier molecular flexibility index (Phi) is 6.68. The summed E-state index contributed by atoms with van der Waals surface area (Å²) in [6.45, 7) is -3.35. The topological polar surface area (TPSA) is 52.6 Å². The van der Waals surface area contributed by atoms with Crippen LogP contribution in [0, 0.1) is 0 Å². The number of hydrogen-bond acceptors (Lipinski definition) is 4. The van der Waals surface area contributed by atoms with Crippen molar-refractivity contribution in [2.75, 3.05) is 6.61 Å². The van der Waals surface area contributed by atoms with E-state index in [1.165, 1.54) is 24.3 Å². The van der Waals surface area contributed by atoms with E-state index in [2.05, 4.69) is 4.74 Å². The molecule has 148 valence electrons. The van der Waals surface area contributed by atoms with Gasteiger partial charge in [0.2, 0.25) is 0 Å². The largest absolute Gasteiger partial charge is 0.457 e. The van der Waals surface area contributed by atoms with Crippen molar-refractivity contribution >= 4 is 11.8 Å². The third kappa shape index (κ3) is 5.97. The van der Waals surface area contributed by atoms with Crippen LogP contribution in [0.5, 0.6) is 5.75 Å². The lowest BCUT2D eigenvalue weighted by Gasteiger charge is -2.07. The normalized spacial score (nSPS) is 10.6. The molecule has 0 fully saturated rings. The molecule has 0 bridgehead atoms. The standard InChI is InChI=1S/C23H18F2O4/c24-23(25)29-20-12-10-19(11-13-20)21(26)15-28-22(27)14-16-6-8-18(9-7-16)17-4-2-1-3-5-17/h1-13,23H,14-15H2. The van der Waals surface area contributed by atoms with Crippen molar-refractivity contribution in [3.05, 3.63) is 90.0 Å². The highest BCUT2D eigenvalue weighted by atomic mass is 19.3. The van der Waals surface area contributed by atoms with E-state index in [1.54, 1.807) is 0 Å². The molecule has 3 aromatic carbocycles. The van der Waals surface area contributed by atoms with E-state index in [9.17, 15) is 18.4 Å². The lowest BCUT2D eigenvalue weighted by molar-refractivity contribution is -0.141. The molecule has 0 saturated heterocycles. The second-order valence-electron chi connectivity index (χ2n) is 6.23. The molecule has 3 rings (SSSR count). The number of alkyl halides is 2. The molecule has 0 N–H and O–H groups in total. The van der Waals surface area contributed by atoms with Gasteiger partial charge in [-0.1, -0.05) is 54.6 Å². The molecule has 0 unspecified atom stereocenters. The minimum atomic E-state index is -2.93. The fraction of sp³-hybridized carbons (Fsp3) is 0.130. The van der Waals surface area contributed by atoms with Gasteiger partial charge in [-0.3, -0.25) is 9.59 Å². The summed E-state index contributed by atoms with van der Waals surface area (Å²) in [5.74, 6) is -1.00. The number of halogens is 2. The van der Waals surface area contributed by atoms with Gasteiger partial charge in [0.15, 0.2) is 12.4 Å². The van der Waals surface area contributed by atoms with Crippen LogP contribution in [-0.2, 0) is 16.0 Å². The second kappa shape index (κ2) is 9.59. The average molecular weight is 396 g/mol. The highest BCUT2D eigenvalue weighted by Gasteiger charge is 2.12. The number of esters is 1. The first-order valence-electron chi connectivity index (χ1n) is 8.89. The number of Topliss-reactive ketones (excluding diaryl/α,β-unsaturated/α-hetero) is 1. The van der Waals surface area contributed by atoms with Gasteiger partial charge in [-0.15, -0.1) is 0 Å². The van der Waals surface area contributed by atoms with Crippen molar-refractivity contribution in [1.82, 2.24) is 0 Å². The summed E-state index contributed by atoms with van der Waals surface area (Å²) in [6.07, 6.45) is 0.0452. The number of carbonyl (C=O) groups is 2. The Balaban J connectivity index is 1.50. The molecule has 0 atom stereocenters. The minimum absolute atomic E-state index is 0.0452. The molecule has 3 aromatic rings. The van der Waals surface area contributed by atoms with Gasteiger partial charge in [-0.2, -0.15) is 8.78 Å². The van der Waals surface area contributed by atoms with Crippen LogP contribution in [0.15, 0.2) is 78.9 Å². The van der Waals surface area contributed by atoms with E-state index in [0.29, 0.717) is 0 Å². The molecule has 0 spiro atoms. The summed E-state index contributed by atoms with van der Waals surface area (Å²) >= 11 is 0. The summed E-state index contributed by atoms with van der Waals surface area (Å²) in [6, 6.07) is 22.6. The molecular weight excluding hydrogens is 378 g/mol. The summed E-state index contributed by atoms with van der Waals surface area (Å²) in [5.41, 5.74) is 3.14. The molecule has 0 saturated carbocycles. The fourth-order valence-electron chi connectivity index (χ4n) is 2.71. The van der Waals surface area contributed by atoms with Gasteiger partial charge in [-0.05, 0) is 41.0 Å². The third-order valence-electron chi connectivity index (χ3n) is 4.18. The Morgan fingerprint density at radius 2 is 1.41 bits per heavy atom. The first-order chi connectivity index (χ1) is 14.0. The molecule has 0 aromatic heterocycles. The molecular formula is C23H18F2O4. The third-order valence-corrected chi connectivity index (χ3v) is 4.18. The van der Waals surface area contributed by atoms with Crippen LogP contribution in [0.3, 0.4) is 0 Å². The maximum Gasteiger partial charge on any atom is 0.387 e. The van der Waals surface area contributed by atoms with Gasteiger partial charge >= 0.3 is 12.6 Å². The Morgan fingerprint density at radius 3 is 2.03 bits per heavy atom. The summed E-state index contributed by atoms with van der Waals surface area (Å²) in [5, 5.41) is 0. The molecule has 0 amide bonds. The SMILES string of the molecule is O=C(Cc1ccc(-c2ccccc2)cc1)OCC(=O)c1ccc(OC(F)F)cc1. The predicted octanol–water partition coefficient (Wildman–Crippen LogP) is 4.92. The van der Waals surface area contributed by atoms with Gasteiger partial charge in [0.05, 0.1) is 6.42 Å². The van der Waals surface area contributed by atoms with Gasteiger partial charge in [0.1, 0.15) is 5.75 Å². The number of rotatable bonds is 8. The van der Waals surface area contributed by atoms with Gasteiger partial charge in [0.25, 0.3) is 0 Å². The number of carbonyl (C=O) groups excluding carboxylic acids is 2. The second-order valence-corrected chi connectivity index (χ2v) is 6.23. The highest BCUT2D eigenvalue weighted by Crippen LogP contribution is 2.19. The Hall–Kier alpha value is -3.54. The van der Waals surface area contributed by atoms with Crippen molar-refractivity contribution in [2.45, 2.75) is 13.0 Å². The lowest BCUT2D eigenvalue weighted by atomic mass is 10.0. The fourth-order valence-corrected chi connectivity index (χ4v) is 2.71. The van der Waals surface area contributed by atoms with Crippen LogP contribution >= 0.6 is 0 Å². The number of hydrogen-bond donors (Lipinski definition) is 0. The van der Waals surface area contributed by atoms with Crippen LogP contribution in [0.1, 0.15) is 15.9 Å². The lowest BCUT2D eigenvalue weighted by Crippen LogP contribution is -2.15. The Labute approximate surface area is 166 Å². The van der Waals surface area contributed by atoms with E-state index < -0.39 is 25.0 Å².